The number of amides is 1. The van der Waals surface area contributed by atoms with E-state index < -0.39 is 0 Å². The number of phenols is 1. The van der Waals surface area contributed by atoms with E-state index in [9.17, 15) is 9.90 Å². The molecule has 5 nitrogen and oxygen atoms in total. The number of phenolic OH excluding ortho intramolecular Hbond substituents is 1. The highest BCUT2D eigenvalue weighted by Crippen LogP contribution is 2.40. The second-order valence-corrected chi connectivity index (χ2v) is 9.21. The summed E-state index contributed by atoms with van der Waals surface area (Å²) in [6.07, 6.45) is 5.90. The summed E-state index contributed by atoms with van der Waals surface area (Å²) in [4.78, 5) is 16.9. The van der Waals surface area contributed by atoms with Crippen LogP contribution in [0.1, 0.15) is 52.9 Å². The molecule has 28 heavy (non-hydrogen) atoms. The molecule has 0 spiro atoms. The molecule has 156 valence electrons. The van der Waals surface area contributed by atoms with E-state index in [1.54, 1.807) is 6.07 Å². The van der Waals surface area contributed by atoms with Crippen molar-refractivity contribution < 1.29 is 9.90 Å². The van der Waals surface area contributed by atoms with E-state index >= 15 is 0 Å². The highest BCUT2D eigenvalue weighted by molar-refractivity contribution is 5.78. The van der Waals surface area contributed by atoms with Gasteiger partial charge in [-0.15, -0.1) is 0 Å². The summed E-state index contributed by atoms with van der Waals surface area (Å²) < 4.78 is 0. The molecule has 1 amide bonds. The standard InChI is InChI=1S/C23H37N3O2/c1-4-23(2,3)18-9-11-19(12-10-18)24-22(28)17-25-13-15-26(16-14-25)20-7-5-6-8-21(20)27/h5-8,18-19,27H,4,9-17H2,1-3H3,(H,24,28). The van der Waals surface area contributed by atoms with Crippen LogP contribution in [0.25, 0.3) is 0 Å². The lowest BCUT2D eigenvalue weighted by molar-refractivity contribution is -0.123. The number of carbonyl (C=O) groups excluding carboxylic acids is 1. The number of nitrogens with one attached hydrogen (secondary N) is 1. The Hall–Kier alpha value is -1.75. The zero-order valence-electron chi connectivity index (χ0n) is 17.8. The van der Waals surface area contributed by atoms with Gasteiger partial charge in [0, 0.05) is 32.2 Å². The molecule has 1 heterocycles. The predicted molar refractivity (Wildman–Crippen MR) is 115 cm³/mol. The van der Waals surface area contributed by atoms with E-state index in [1.165, 1.54) is 19.3 Å². The molecule has 5 heteroatoms. The molecule has 0 bridgehead atoms. The van der Waals surface area contributed by atoms with E-state index in [-0.39, 0.29) is 5.91 Å². The van der Waals surface area contributed by atoms with Gasteiger partial charge in [-0.2, -0.15) is 0 Å². The number of hydrogen-bond donors (Lipinski definition) is 2. The Labute approximate surface area is 170 Å². The van der Waals surface area contributed by atoms with Gasteiger partial charge in [0.15, 0.2) is 0 Å². The van der Waals surface area contributed by atoms with Crippen LogP contribution in [0.4, 0.5) is 5.69 Å². The van der Waals surface area contributed by atoms with Crippen LogP contribution in [0, 0.1) is 11.3 Å². The van der Waals surface area contributed by atoms with Crippen molar-refractivity contribution >= 4 is 11.6 Å². The number of anilines is 1. The maximum Gasteiger partial charge on any atom is 0.234 e. The number of benzene rings is 1. The lowest BCUT2D eigenvalue weighted by atomic mass is 9.69. The first-order valence-electron chi connectivity index (χ1n) is 10.9. The summed E-state index contributed by atoms with van der Waals surface area (Å²) in [7, 11) is 0. The molecule has 2 N–H and O–H groups in total. The van der Waals surface area contributed by atoms with E-state index in [0.717, 1.165) is 50.6 Å². The number of hydrogen-bond acceptors (Lipinski definition) is 4. The van der Waals surface area contributed by atoms with E-state index in [1.807, 2.05) is 18.2 Å². The third-order valence-corrected chi connectivity index (χ3v) is 7.07. The molecule has 0 aromatic heterocycles. The molecular weight excluding hydrogens is 350 g/mol. The van der Waals surface area contributed by atoms with Crippen LogP contribution >= 0.6 is 0 Å². The van der Waals surface area contributed by atoms with E-state index in [0.29, 0.717) is 23.8 Å². The molecule has 1 aliphatic heterocycles. The number of piperazine rings is 1. The SMILES string of the molecule is CCC(C)(C)C1CCC(NC(=O)CN2CCN(c3ccccc3O)CC2)CC1. The van der Waals surface area contributed by atoms with Crippen LogP contribution < -0.4 is 10.2 Å². The van der Waals surface area contributed by atoms with Crippen LogP contribution in [0.5, 0.6) is 5.75 Å². The van der Waals surface area contributed by atoms with Crippen molar-refractivity contribution in [1.29, 1.82) is 0 Å². The second kappa shape index (κ2) is 9.17. The monoisotopic (exact) mass is 387 g/mol. The summed E-state index contributed by atoms with van der Waals surface area (Å²) in [6, 6.07) is 7.82. The first-order chi connectivity index (χ1) is 13.4. The summed E-state index contributed by atoms with van der Waals surface area (Å²) in [6.45, 7) is 10.9. The third-order valence-electron chi connectivity index (χ3n) is 7.07. The van der Waals surface area contributed by atoms with Gasteiger partial charge in [-0.1, -0.05) is 39.3 Å². The Balaban J connectivity index is 1.39. The topological polar surface area (TPSA) is 55.8 Å². The van der Waals surface area contributed by atoms with Crippen LogP contribution in [-0.4, -0.2) is 54.7 Å². The molecule has 3 rings (SSSR count). The van der Waals surface area contributed by atoms with Crippen molar-refractivity contribution in [3.63, 3.8) is 0 Å². The average Bonchev–Trinajstić information content (AvgIpc) is 2.69. The largest absolute Gasteiger partial charge is 0.506 e. The summed E-state index contributed by atoms with van der Waals surface area (Å²) >= 11 is 0. The van der Waals surface area contributed by atoms with Gasteiger partial charge in [-0.25, -0.2) is 0 Å². The van der Waals surface area contributed by atoms with Gasteiger partial charge >= 0.3 is 0 Å². The van der Waals surface area contributed by atoms with Gasteiger partial charge in [0.05, 0.1) is 12.2 Å². The highest BCUT2D eigenvalue weighted by atomic mass is 16.3. The number of rotatable bonds is 6. The molecule has 1 aromatic carbocycles. The molecule has 1 saturated carbocycles. The fourth-order valence-corrected chi connectivity index (χ4v) is 4.66. The van der Waals surface area contributed by atoms with Gasteiger partial charge in [-0.3, -0.25) is 9.69 Å². The molecule has 2 aliphatic rings. The Morgan fingerprint density at radius 1 is 1.11 bits per heavy atom. The van der Waals surface area contributed by atoms with Crippen molar-refractivity contribution in [3.05, 3.63) is 24.3 Å². The smallest absolute Gasteiger partial charge is 0.234 e. The van der Waals surface area contributed by atoms with Gasteiger partial charge in [0.25, 0.3) is 0 Å². The van der Waals surface area contributed by atoms with Gasteiger partial charge < -0.3 is 15.3 Å². The van der Waals surface area contributed by atoms with Crippen molar-refractivity contribution in [2.45, 2.75) is 58.9 Å². The Morgan fingerprint density at radius 3 is 2.36 bits per heavy atom. The molecule has 0 radical (unpaired) electrons. The van der Waals surface area contributed by atoms with E-state index in [2.05, 4.69) is 35.9 Å². The van der Waals surface area contributed by atoms with Crippen LogP contribution in [0.3, 0.4) is 0 Å². The summed E-state index contributed by atoms with van der Waals surface area (Å²) in [5, 5.41) is 13.3. The third kappa shape index (κ3) is 5.19. The number of carbonyl (C=O) groups is 1. The van der Waals surface area contributed by atoms with Crippen molar-refractivity contribution in [2.24, 2.45) is 11.3 Å². The molecule has 2 fully saturated rings. The fraction of sp³-hybridized carbons (Fsp3) is 0.696. The fourth-order valence-electron chi connectivity index (χ4n) is 4.66. The number of aromatic hydroxyl groups is 1. The lowest BCUT2D eigenvalue weighted by Crippen LogP contribution is -2.51. The minimum atomic E-state index is 0.161. The lowest BCUT2D eigenvalue weighted by Gasteiger charge is -2.39. The maximum atomic E-state index is 12.5. The molecule has 0 atom stereocenters. The van der Waals surface area contributed by atoms with Crippen molar-refractivity contribution in [2.75, 3.05) is 37.6 Å². The first kappa shape index (κ1) is 21.0. The normalized spacial score (nSPS) is 24.2. The minimum Gasteiger partial charge on any atom is -0.506 e. The zero-order chi connectivity index (χ0) is 20.1. The predicted octanol–water partition coefficient (Wildman–Crippen LogP) is 3.63. The van der Waals surface area contributed by atoms with Gasteiger partial charge in [0.2, 0.25) is 5.91 Å². The Bertz CT molecular complexity index is 645. The van der Waals surface area contributed by atoms with Gasteiger partial charge in [-0.05, 0) is 49.1 Å². The number of para-hydroxylation sites is 2. The highest BCUT2D eigenvalue weighted by Gasteiger charge is 2.32. The quantitative estimate of drug-likeness (QED) is 0.783. The van der Waals surface area contributed by atoms with E-state index in [4.69, 9.17) is 0 Å². The van der Waals surface area contributed by atoms with Crippen molar-refractivity contribution in [1.82, 2.24) is 10.2 Å². The Morgan fingerprint density at radius 2 is 1.75 bits per heavy atom. The maximum absolute atomic E-state index is 12.5. The second-order valence-electron chi connectivity index (χ2n) is 9.21. The molecule has 0 unspecified atom stereocenters. The van der Waals surface area contributed by atoms with Crippen LogP contribution in [0.2, 0.25) is 0 Å². The van der Waals surface area contributed by atoms with Crippen LogP contribution in [-0.2, 0) is 4.79 Å². The molecular formula is C23H37N3O2. The van der Waals surface area contributed by atoms with Crippen LogP contribution in [0.15, 0.2) is 24.3 Å². The molecule has 1 aliphatic carbocycles. The summed E-state index contributed by atoms with van der Waals surface area (Å²) in [5.41, 5.74) is 1.31. The molecule has 1 aromatic rings. The zero-order valence-corrected chi connectivity index (χ0v) is 17.8. The van der Waals surface area contributed by atoms with Crippen molar-refractivity contribution in [3.8, 4) is 5.75 Å². The first-order valence-corrected chi connectivity index (χ1v) is 10.9. The minimum absolute atomic E-state index is 0.161. The Kier molecular flexibility index (Phi) is 6.86. The summed E-state index contributed by atoms with van der Waals surface area (Å²) in [5.74, 6) is 1.28. The average molecular weight is 388 g/mol. The van der Waals surface area contributed by atoms with Gasteiger partial charge in [0.1, 0.15) is 5.75 Å². The molecule has 1 saturated heterocycles. The number of nitrogens with zero attached hydrogens (tertiary/aromatic N) is 2.